The standard InChI is InChI=1S/C74H89N11O12S/c1-45(2)64(80-61(87)15-9-8-12-26-84-62(88)22-23-63(84)89)58(86)31-46(3)66(90)76-50-18-16-48(17-19-50)37-96-70(94)77-51-25-28-82(35-51)52-32-49-24-27-83(36-56(49)54(33-52)67(91)81-69-78-57-13-10-11-14-59(57)98-69)60-21-20-53(65(79-60)68(92)93)55-34-75-85(47(55)4)44-73-39-71(5)38-72(6,40-73)42-74(41-71,43-73)97-30-29-95-7/h10-11,13-14,16-23,32-34,45-46,51,64H,8-9,12,15,24-31,35-44H2,1-7H3,(H,76,90)(H,77,94)(H,80,87)(H,92,93)(H,78,81,91)/t46-,51+,64+,71?,72?,73?,74?/m1/s1. The van der Waals surface area contributed by atoms with E-state index in [-0.39, 0.29) is 107 Å². The van der Waals surface area contributed by atoms with Crippen molar-refractivity contribution >= 4 is 91.3 Å². The highest BCUT2D eigenvalue weighted by Crippen LogP contribution is 2.72. The van der Waals surface area contributed by atoms with Crippen molar-refractivity contribution in [1.82, 2.24) is 35.3 Å². The maximum Gasteiger partial charge on any atom is 0.407 e. The van der Waals surface area contributed by atoms with E-state index in [1.54, 1.807) is 44.5 Å². The van der Waals surface area contributed by atoms with Gasteiger partial charge in [-0.1, -0.05) is 76.6 Å². The minimum absolute atomic E-state index is 0.0196. The largest absolute Gasteiger partial charge is 0.476 e. The van der Waals surface area contributed by atoms with Gasteiger partial charge in [-0.3, -0.25) is 43.7 Å². The first kappa shape index (κ1) is 69.0. The first-order valence-electron chi connectivity index (χ1n) is 34.3. The summed E-state index contributed by atoms with van der Waals surface area (Å²) in [7, 11) is 1.71. The van der Waals surface area contributed by atoms with Crippen LogP contribution in [0.15, 0.2) is 91.1 Å². The number of carbonyl (C=O) groups excluding carboxylic acids is 7. The van der Waals surface area contributed by atoms with Crippen LogP contribution in [0.2, 0.25) is 0 Å². The van der Waals surface area contributed by atoms with Gasteiger partial charge in [-0.25, -0.2) is 19.6 Å². The second kappa shape index (κ2) is 28.5. The molecule has 3 aliphatic heterocycles. The number of rotatable bonds is 28. The molecule has 3 aromatic carbocycles. The summed E-state index contributed by atoms with van der Waals surface area (Å²) in [4.78, 5) is 119. The SMILES string of the molecule is COCCOC12CC3(C)CC(C)(CC(Cn4ncc(-c5ccc(N6CCc7cc(N8CC[C@H](NC(=O)OCc9ccc(NC(=O)[C@H](C)CC(=O)[C@@H](NC(=O)CCCCCN%10C(=O)C=CC%10=O)C(C)C)cc9)C8)cc(C(=O)Nc8nc9ccccc9s8)c7C6)nc5C(=O)O)c4C)(C3)C1)C2. The van der Waals surface area contributed by atoms with Crippen LogP contribution < -0.4 is 31.1 Å². The van der Waals surface area contributed by atoms with Crippen LogP contribution >= 0.6 is 11.3 Å². The van der Waals surface area contributed by atoms with Crippen molar-refractivity contribution in [2.24, 2.45) is 28.1 Å². The third-order valence-electron chi connectivity index (χ3n) is 20.7. The summed E-state index contributed by atoms with van der Waals surface area (Å²) in [6, 6.07) is 21.2. The van der Waals surface area contributed by atoms with E-state index < -0.39 is 24.0 Å². The zero-order valence-corrected chi connectivity index (χ0v) is 57.8. The predicted molar refractivity (Wildman–Crippen MR) is 372 cm³/mol. The molecule has 0 radical (unpaired) electrons. The zero-order valence-electron chi connectivity index (χ0n) is 57.0. The van der Waals surface area contributed by atoms with E-state index >= 15 is 0 Å². The Morgan fingerprint density at radius 3 is 2.30 bits per heavy atom. The lowest BCUT2D eigenvalue weighted by molar-refractivity contribution is -0.250. The Balaban J connectivity index is 0.658. The number of aromatic nitrogens is 4. The van der Waals surface area contributed by atoms with Crippen LogP contribution in [0.4, 0.5) is 27.1 Å². The van der Waals surface area contributed by atoms with Gasteiger partial charge in [0, 0.05) is 111 Å². The second-order valence-corrected chi connectivity index (χ2v) is 30.3. The lowest BCUT2D eigenvalue weighted by atomic mass is 9.39. The number of Topliss-reactive ketones (excluding diaryl/α,β-unsaturated/α-hetero) is 1. The predicted octanol–water partition coefficient (Wildman–Crippen LogP) is 10.8. The Hall–Kier alpha value is -8.87. The molecule has 24 heteroatoms. The number of fused-ring (bicyclic) bond motifs is 2. The van der Waals surface area contributed by atoms with Crippen molar-refractivity contribution < 1.29 is 57.7 Å². The van der Waals surface area contributed by atoms with Crippen LogP contribution in [0.5, 0.6) is 0 Å². The molecule has 6 amide bonds. The summed E-state index contributed by atoms with van der Waals surface area (Å²) < 4.78 is 20.8. The van der Waals surface area contributed by atoms with E-state index in [0.29, 0.717) is 98.3 Å². The molecule has 518 valence electrons. The summed E-state index contributed by atoms with van der Waals surface area (Å²) in [5.41, 5.74) is 7.10. The maximum atomic E-state index is 14.7. The molecule has 98 heavy (non-hydrogen) atoms. The smallest absolute Gasteiger partial charge is 0.407 e. The molecule has 4 bridgehead atoms. The molecule has 7 aliphatic rings. The molecule has 6 aromatic rings. The summed E-state index contributed by atoms with van der Waals surface area (Å²) in [6.45, 7) is 16.1. The average molecular weight is 1360 g/mol. The number of hydrogen-bond donors (Lipinski definition) is 5. The van der Waals surface area contributed by atoms with Crippen LogP contribution in [0, 0.1) is 35.0 Å². The Kier molecular flexibility index (Phi) is 20.1. The number of imide groups is 1. The van der Waals surface area contributed by atoms with Gasteiger partial charge in [-0.05, 0) is 159 Å². The molecular formula is C74H89N11O12S. The fraction of sp³-hybridized carbons (Fsp3) is 0.500. The lowest BCUT2D eigenvalue weighted by Crippen LogP contribution is -2.64. The molecule has 5 fully saturated rings. The molecule has 5 atom stereocenters. The van der Waals surface area contributed by atoms with E-state index in [0.717, 1.165) is 76.9 Å². The number of aromatic carboxylic acids is 1. The fourth-order valence-electron chi connectivity index (χ4n) is 17.2. The summed E-state index contributed by atoms with van der Waals surface area (Å²) in [5, 5.41) is 28.1. The van der Waals surface area contributed by atoms with Gasteiger partial charge >= 0.3 is 12.1 Å². The molecule has 4 aliphatic carbocycles. The highest BCUT2D eigenvalue weighted by Gasteiger charge is 2.66. The summed E-state index contributed by atoms with van der Waals surface area (Å²) in [5.74, 6) is -3.50. The Labute approximate surface area is 574 Å². The first-order chi connectivity index (χ1) is 46.9. The van der Waals surface area contributed by atoms with E-state index in [4.69, 9.17) is 29.3 Å². The number of nitrogens with zero attached hydrogens (tertiary/aromatic N) is 7. The summed E-state index contributed by atoms with van der Waals surface area (Å²) in [6.07, 6.45) is 13.0. The van der Waals surface area contributed by atoms with Crippen molar-refractivity contribution in [2.75, 3.05) is 66.9 Å². The minimum Gasteiger partial charge on any atom is -0.476 e. The van der Waals surface area contributed by atoms with Crippen molar-refractivity contribution in [3.8, 4) is 11.1 Å². The number of benzene rings is 3. The number of nitrogens with one attached hydrogen (secondary N) is 4. The van der Waals surface area contributed by atoms with Gasteiger partial charge in [0.2, 0.25) is 11.8 Å². The number of anilines is 4. The molecule has 3 aromatic heterocycles. The third kappa shape index (κ3) is 15.4. The van der Waals surface area contributed by atoms with Gasteiger partial charge in [0.05, 0.1) is 47.3 Å². The third-order valence-corrected chi connectivity index (χ3v) is 21.6. The number of ether oxygens (including phenoxy) is 3. The van der Waals surface area contributed by atoms with Crippen molar-refractivity contribution in [3.05, 3.63) is 125 Å². The second-order valence-electron chi connectivity index (χ2n) is 29.3. The molecule has 2 unspecified atom stereocenters. The van der Waals surface area contributed by atoms with Crippen molar-refractivity contribution in [1.29, 1.82) is 0 Å². The Morgan fingerprint density at radius 1 is 0.816 bits per heavy atom. The number of alkyl carbamates (subject to hydrolysis) is 1. The highest BCUT2D eigenvalue weighted by molar-refractivity contribution is 7.22. The normalized spacial score (nSPS) is 22.9. The van der Waals surface area contributed by atoms with Gasteiger partial charge in [0.25, 0.3) is 17.7 Å². The number of hydrogen-bond acceptors (Lipinski definition) is 17. The van der Waals surface area contributed by atoms with Gasteiger partial charge in [0.15, 0.2) is 16.6 Å². The van der Waals surface area contributed by atoms with Gasteiger partial charge in [-0.15, -0.1) is 0 Å². The first-order valence-corrected chi connectivity index (χ1v) is 35.1. The quantitative estimate of drug-likeness (QED) is 0.0225. The van der Waals surface area contributed by atoms with E-state index in [1.165, 1.54) is 34.8 Å². The lowest BCUT2D eigenvalue weighted by Gasteiger charge is -2.69. The van der Waals surface area contributed by atoms with E-state index in [2.05, 4.69) is 50.8 Å². The van der Waals surface area contributed by atoms with Gasteiger partial charge in [0.1, 0.15) is 12.4 Å². The molecule has 23 nitrogen and oxygen atoms in total. The average Bonchev–Trinajstić information content (AvgIpc) is 0.720. The fourth-order valence-corrected chi connectivity index (χ4v) is 18.1. The van der Waals surface area contributed by atoms with Crippen LogP contribution in [-0.4, -0.2) is 141 Å². The number of para-hydroxylation sites is 1. The van der Waals surface area contributed by atoms with Crippen molar-refractivity contribution in [3.63, 3.8) is 0 Å². The highest BCUT2D eigenvalue weighted by atomic mass is 32.1. The van der Waals surface area contributed by atoms with E-state index in [1.807, 2.05) is 68.1 Å². The Bertz CT molecular complexity index is 4040. The van der Waals surface area contributed by atoms with Gasteiger partial charge in [-0.2, -0.15) is 5.10 Å². The molecule has 4 saturated carbocycles. The van der Waals surface area contributed by atoms with Crippen LogP contribution in [-0.2, 0) is 64.3 Å². The number of unbranched alkanes of at least 4 members (excludes halogenated alkanes) is 2. The minimum atomic E-state index is -1.15. The van der Waals surface area contributed by atoms with Crippen LogP contribution in [0.25, 0.3) is 21.3 Å². The monoisotopic (exact) mass is 1360 g/mol. The van der Waals surface area contributed by atoms with Crippen molar-refractivity contribution in [2.45, 2.75) is 162 Å². The number of thiazole rings is 1. The maximum absolute atomic E-state index is 14.7. The molecule has 13 rings (SSSR count). The Morgan fingerprint density at radius 2 is 1.57 bits per heavy atom. The number of carboxylic acid groups (broad SMARTS) is 1. The van der Waals surface area contributed by atoms with E-state index in [9.17, 15) is 43.5 Å². The number of amides is 6. The summed E-state index contributed by atoms with van der Waals surface area (Å²) >= 11 is 1.39. The van der Waals surface area contributed by atoms with Crippen LogP contribution in [0.1, 0.15) is 155 Å². The van der Waals surface area contributed by atoms with Crippen LogP contribution in [0.3, 0.4) is 0 Å². The molecule has 6 heterocycles. The molecule has 5 N–H and O–H groups in total. The zero-order chi connectivity index (χ0) is 69.3. The van der Waals surface area contributed by atoms with Gasteiger partial charge < -0.3 is 45.1 Å². The molecule has 0 spiro atoms. The number of pyridine rings is 1. The number of carboxylic acids is 1. The molecular weight excluding hydrogens is 1270 g/mol. The topological polar surface area (TPSA) is 286 Å². The number of carbonyl (C=O) groups is 8. The molecule has 1 saturated heterocycles. The number of ketones is 1. The number of methoxy groups -OCH3 is 1.